The van der Waals surface area contributed by atoms with Crippen LogP contribution in [0, 0.1) is 0 Å². The number of carboxylic acids is 1. The van der Waals surface area contributed by atoms with E-state index >= 15 is 0 Å². The van der Waals surface area contributed by atoms with Crippen molar-refractivity contribution >= 4 is 25.1 Å². The molecule has 0 aromatic heterocycles. The molecule has 0 rings (SSSR count). The lowest BCUT2D eigenvalue weighted by molar-refractivity contribution is -0.146. The Balaban J connectivity index is 3.78. The molecule has 70 valence electrons. The molecular formula is C5H11BO5S. The van der Waals surface area contributed by atoms with Gasteiger partial charge in [-0.1, -0.05) is 0 Å². The van der Waals surface area contributed by atoms with Crippen molar-refractivity contribution in [3.8, 4) is 0 Å². The van der Waals surface area contributed by atoms with E-state index in [0.717, 1.165) is 0 Å². The molecule has 0 bridgehead atoms. The highest BCUT2D eigenvalue weighted by Crippen LogP contribution is 2.04. The summed E-state index contributed by atoms with van der Waals surface area (Å²) in [5.41, 5.74) is 0. The molecular weight excluding hydrogens is 183 g/mol. The molecule has 0 aromatic rings. The zero-order valence-electron chi connectivity index (χ0n) is 6.64. The maximum absolute atomic E-state index is 10.4. The lowest BCUT2D eigenvalue weighted by Gasteiger charge is -2.11. The zero-order valence-corrected chi connectivity index (χ0v) is 7.45. The molecule has 0 spiro atoms. The van der Waals surface area contributed by atoms with Crippen molar-refractivity contribution in [1.82, 2.24) is 0 Å². The molecule has 0 fully saturated rings. The number of hydrogen-bond donors (Lipinski definition) is 3. The van der Waals surface area contributed by atoms with E-state index in [-0.39, 0.29) is 6.42 Å². The second-order valence-corrected chi connectivity index (χ2v) is 3.06. The van der Waals surface area contributed by atoms with E-state index in [2.05, 4.69) is 4.65 Å². The van der Waals surface area contributed by atoms with Gasteiger partial charge in [-0.15, -0.1) is 0 Å². The van der Waals surface area contributed by atoms with E-state index in [1.807, 2.05) is 6.26 Å². The molecule has 0 aromatic carbocycles. The van der Waals surface area contributed by atoms with Crippen LogP contribution in [-0.2, 0) is 9.45 Å². The highest BCUT2D eigenvalue weighted by molar-refractivity contribution is 7.98. The highest BCUT2D eigenvalue weighted by Gasteiger charge is 2.23. The fraction of sp³-hybridized carbons (Fsp3) is 0.800. The first-order chi connectivity index (χ1) is 5.57. The van der Waals surface area contributed by atoms with Gasteiger partial charge in [0, 0.05) is 0 Å². The van der Waals surface area contributed by atoms with Gasteiger partial charge < -0.3 is 19.8 Å². The average molecular weight is 194 g/mol. The van der Waals surface area contributed by atoms with E-state index in [4.69, 9.17) is 15.2 Å². The Labute approximate surface area is 74.9 Å². The third kappa shape index (κ3) is 5.42. The van der Waals surface area contributed by atoms with Crippen LogP contribution in [-0.4, -0.2) is 46.6 Å². The van der Waals surface area contributed by atoms with Crippen molar-refractivity contribution in [2.75, 3.05) is 12.0 Å². The molecule has 1 unspecified atom stereocenters. The minimum atomic E-state index is -2.02. The standard InChI is InChI=1S/C5H11BO5S/c1-12-3-2-4(5(7)8)11-6(9)10/h4,9-10H,2-3H2,1H3,(H,7,8). The summed E-state index contributed by atoms with van der Waals surface area (Å²) in [6.45, 7) is 0. The molecule has 0 heterocycles. The molecule has 7 heteroatoms. The Morgan fingerprint density at radius 3 is 2.58 bits per heavy atom. The van der Waals surface area contributed by atoms with Crippen LogP contribution in [0.25, 0.3) is 0 Å². The van der Waals surface area contributed by atoms with Crippen LogP contribution in [0.5, 0.6) is 0 Å². The molecule has 12 heavy (non-hydrogen) atoms. The molecule has 3 N–H and O–H groups in total. The van der Waals surface area contributed by atoms with Gasteiger partial charge in [-0.2, -0.15) is 11.8 Å². The second-order valence-electron chi connectivity index (χ2n) is 2.07. The Kier molecular flexibility index (Phi) is 6.18. The molecule has 0 amide bonds. The Morgan fingerprint density at radius 1 is 1.67 bits per heavy atom. The van der Waals surface area contributed by atoms with Crippen molar-refractivity contribution in [2.24, 2.45) is 0 Å². The van der Waals surface area contributed by atoms with Crippen molar-refractivity contribution in [3.05, 3.63) is 0 Å². The maximum atomic E-state index is 10.4. The van der Waals surface area contributed by atoms with E-state index in [1.54, 1.807) is 0 Å². The van der Waals surface area contributed by atoms with Crippen molar-refractivity contribution in [1.29, 1.82) is 0 Å². The van der Waals surface area contributed by atoms with Gasteiger partial charge in [0.25, 0.3) is 0 Å². The van der Waals surface area contributed by atoms with E-state index in [9.17, 15) is 4.79 Å². The summed E-state index contributed by atoms with van der Waals surface area (Å²) in [7, 11) is -2.02. The fourth-order valence-corrected chi connectivity index (χ4v) is 1.07. The summed E-state index contributed by atoms with van der Waals surface area (Å²) in [5, 5.41) is 25.2. The normalized spacial score (nSPS) is 12.6. The summed E-state index contributed by atoms with van der Waals surface area (Å²) in [6.07, 6.45) is 0.944. The van der Waals surface area contributed by atoms with Crippen LogP contribution in [0.4, 0.5) is 0 Å². The smallest absolute Gasteiger partial charge is 0.479 e. The zero-order chi connectivity index (χ0) is 9.56. The third-order valence-electron chi connectivity index (χ3n) is 1.15. The van der Waals surface area contributed by atoms with Crippen LogP contribution in [0.1, 0.15) is 6.42 Å². The van der Waals surface area contributed by atoms with Crippen molar-refractivity contribution < 1.29 is 24.6 Å². The number of thioether (sulfide) groups is 1. The summed E-state index contributed by atoms with van der Waals surface area (Å²) in [4.78, 5) is 10.4. The van der Waals surface area contributed by atoms with Crippen LogP contribution < -0.4 is 0 Å². The largest absolute Gasteiger partial charge is 0.634 e. The van der Waals surface area contributed by atoms with Gasteiger partial charge in [0.1, 0.15) is 6.10 Å². The first-order valence-electron chi connectivity index (χ1n) is 3.31. The lowest BCUT2D eigenvalue weighted by Crippen LogP contribution is -2.32. The lowest BCUT2D eigenvalue weighted by atomic mass is 10.2. The first-order valence-corrected chi connectivity index (χ1v) is 4.70. The van der Waals surface area contributed by atoms with Crippen LogP contribution in [0.2, 0.25) is 0 Å². The van der Waals surface area contributed by atoms with Crippen molar-refractivity contribution in [3.63, 3.8) is 0 Å². The second kappa shape index (κ2) is 6.30. The van der Waals surface area contributed by atoms with Crippen molar-refractivity contribution in [2.45, 2.75) is 12.5 Å². The van der Waals surface area contributed by atoms with E-state index < -0.39 is 19.4 Å². The van der Waals surface area contributed by atoms with E-state index in [0.29, 0.717) is 5.75 Å². The summed E-state index contributed by atoms with van der Waals surface area (Å²) >= 11 is 1.47. The molecule has 0 radical (unpaired) electrons. The molecule has 5 nitrogen and oxygen atoms in total. The topological polar surface area (TPSA) is 87.0 Å². The molecule has 0 aliphatic rings. The average Bonchev–Trinajstić information content (AvgIpc) is 1.96. The fourth-order valence-electron chi connectivity index (χ4n) is 0.622. The van der Waals surface area contributed by atoms with Gasteiger partial charge in [0.15, 0.2) is 0 Å². The van der Waals surface area contributed by atoms with Gasteiger partial charge in [-0.25, -0.2) is 4.79 Å². The Bertz CT molecular complexity index is 142. The maximum Gasteiger partial charge on any atom is 0.634 e. The molecule has 0 saturated heterocycles. The first kappa shape index (κ1) is 11.8. The number of aliphatic carboxylic acids is 1. The molecule has 0 aliphatic carbocycles. The highest BCUT2D eigenvalue weighted by atomic mass is 32.2. The van der Waals surface area contributed by atoms with Gasteiger partial charge in [-0.3, -0.25) is 0 Å². The van der Waals surface area contributed by atoms with Crippen LogP contribution >= 0.6 is 11.8 Å². The van der Waals surface area contributed by atoms with Gasteiger partial charge in [0.05, 0.1) is 0 Å². The molecule has 1 atom stereocenters. The Morgan fingerprint density at radius 2 is 2.25 bits per heavy atom. The van der Waals surface area contributed by atoms with Crippen LogP contribution in [0.3, 0.4) is 0 Å². The predicted molar refractivity (Wildman–Crippen MR) is 45.7 cm³/mol. The summed E-state index contributed by atoms with van der Waals surface area (Å²) in [5.74, 6) is -0.582. The predicted octanol–water partition coefficient (Wildman–Crippen LogP) is -0.821. The monoisotopic (exact) mass is 194 g/mol. The SMILES string of the molecule is CSCCC(OB(O)O)C(=O)O. The number of carbonyl (C=O) groups is 1. The van der Waals surface area contributed by atoms with Gasteiger partial charge in [0.2, 0.25) is 0 Å². The summed E-state index contributed by atoms with van der Waals surface area (Å²) in [6, 6.07) is 0. The van der Waals surface area contributed by atoms with Gasteiger partial charge in [-0.05, 0) is 18.4 Å². The number of rotatable bonds is 6. The number of hydrogen-bond acceptors (Lipinski definition) is 5. The Hall–Kier alpha value is -0.235. The van der Waals surface area contributed by atoms with Crippen LogP contribution in [0.15, 0.2) is 0 Å². The van der Waals surface area contributed by atoms with Gasteiger partial charge >= 0.3 is 13.3 Å². The minimum Gasteiger partial charge on any atom is -0.479 e. The van der Waals surface area contributed by atoms with E-state index in [1.165, 1.54) is 11.8 Å². The quantitative estimate of drug-likeness (QED) is 0.479. The number of carboxylic acid groups (broad SMARTS) is 1. The minimum absolute atomic E-state index is 0.258. The molecule has 0 saturated carbocycles. The third-order valence-corrected chi connectivity index (χ3v) is 1.79. The summed E-state index contributed by atoms with van der Waals surface area (Å²) < 4.78 is 4.31. The molecule has 0 aliphatic heterocycles.